The highest BCUT2D eigenvalue weighted by Crippen LogP contribution is 2.34. The van der Waals surface area contributed by atoms with Crippen molar-refractivity contribution in [2.24, 2.45) is 5.92 Å². The standard InChI is InChI=1S/C13H24N2O2/c1-10(2)15-8-5-11(9-15)13(12(16)17)6-3-4-7-14-13/h10-11,14H,3-9H2,1-2H3,(H,16,17). The van der Waals surface area contributed by atoms with Crippen LogP contribution in [0.5, 0.6) is 0 Å². The van der Waals surface area contributed by atoms with E-state index in [1.165, 1.54) is 0 Å². The maximum atomic E-state index is 11.7. The van der Waals surface area contributed by atoms with E-state index in [2.05, 4.69) is 24.1 Å². The lowest BCUT2D eigenvalue weighted by molar-refractivity contribution is -0.148. The first kappa shape index (κ1) is 12.8. The van der Waals surface area contributed by atoms with Crippen molar-refractivity contribution >= 4 is 5.97 Å². The van der Waals surface area contributed by atoms with Gasteiger partial charge in [-0.2, -0.15) is 0 Å². The summed E-state index contributed by atoms with van der Waals surface area (Å²) in [5.41, 5.74) is -0.651. The molecule has 0 aromatic carbocycles. The van der Waals surface area contributed by atoms with E-state index in [-0.39, 0.29) is 5.92 Å². The van der Waals surface area contributed by atoms with E-state index in [9.17, 15) is 9.90 Å². The van der Waals surface area contributed by atoms with Crippen LogP contribution in [-0.4, -0.2) is 47.2 Å². The lowest BCUT2D eigenvalue weighted by Gasteiger charge is -2.39. The normalized spacial score (nSPS) is 35.4. The predicted octanol–water partition coefficient (Wildman–Crippen LogP) is 1.31. The van der Waals surface area contributed by atoms with Crippen molar-refractivity contribution in [2.75, 3.05) is 19.6 Å². The molecule has 17 heavy (non-hydrogen) atoms. The fraction of sp³-hybridized carbons (Fsp3) is 0.923. The van der Waals surface area contributed by atoms with Gasteiger partial charge in [-0.15, -0.1) is 0 Å². The average molecular weight is 240 g/mol. The van der Waals surface area contributed by atoms with Gasteiger partial charge >= 0.3 is 5.97 Å². The smallest absolute Gasteiger partial charge is 0.324 e. The number of aliphatic carboxylic acids is 1. The van der Waals surface area contributed by atoms with Crippen molar-refractivity contribution in [1.29, 1.82) is 0 Å². The zero-order valence-corrected chi connectivity index (χ0v) is 10.9. The van der Waals surface area contributed by atoms with Crippen LogP contribution in [0.25, 0.3) is 0 Å². The summed E-state index contributed by atoms with van der Waals surface area (Å²) in [7, 11) is 0. The maximum Gasteiger partial charge on any atom is 0.324 e. The Balaban J connectivity index is 2.10. The zero-order valence-electron chi connectivity index (χ0n) is 10.9. The van der Waals surface area contributed by atoms with Crippen molar-refractivity contribution in [3.8, 4) is 0 Å². The minimum absolute atomic E-state index is 0.266. The number of carboxylic acids is 1. The molecule has 2 aliphatic heterocycles. The molecule has 0 saturated carbocycles. The first-order chi connectivity index (χ1) is 8.06. The molecule has 4 nitrogen and oxygen atoms in total. The van der Waals surface area contributed by atoms with E-state index in [1.54, 1.807) is 0 Å². The van der Waals surface area contributed by atoms with Crippen molar-refractivity contribution in [2.45, 2.75) is 51.1 Å². The van der Waals surface area contributed by atoms with Crippen molar-refractivity contribution in [3.05, 3.63) is 0 Å². The van der Waals surface area contributed by atoms with E-state index < -0.39 is 11.5 Å². The molecule has 2 saturated heterocycles. The lowest BCUT2D eigenvalue weighted by atomic mass is 9.77. The first-order valence-electron chi connectivity index (χ1n) is 6.79. The van der Waals surface area contributed by atoms with E-state index in [1.807, 2.05) is 0 Å². The molecule has 98 valence electrons. The molecule has 2 N–H and O–H groups in total. The van der Waals surface area contributed by atoms with Crippen LogP contribution in [0.2, 0.25) is 0 Å². The number of hydrogen-bond donors (Lipinski definition) is 2. The fourth-order valence-electron chi connectivity index (χ4n) is 3.29. The summed E-state index contributed by atoms with van der Waals surface area (Å²) >= 11 is 0. The van der Waals surface area contributed by atoms with Gasteiger partial charge in [-0.25, -0.2) is 0 Å². The minimum Gasteiger partial charge on any atom is -0.480 e. The third-order valence-electron chi connectivity index (χ3n) is 4.47. The number of hydrogen-bond acceptors (Lipinski definition) is 3. The number of rotatable bonds is 3. The van der Waals surface area contributed by atoms with Gasteiger partial charge in [0.15, 0.2) is 0 Å². The molecule has 2 fully saturated rings. The molecule has 0 aromatic heterocycles. The van der Waals surface area contributed by atoms with Crippen LogP contribution in [-0.2, 0) is 4.79 Å². The van der Waals surface area contributed by atoms with Gasteiger partial charge in [0.1, 0.15) is 5.54 Å². The van der Waals surface area contributed by atoms with Gasteiger partial charge in [0, 0.05) is 18.5 Å². The van der Waals surface area contributed by atoms with Crippen LogP contribution in [0.15, 0.2) is 0 Å². The topological polar surface area (TPSA) is 52.6 Å². The number of nitrogens with one attached hydrogen (secondary N) is 1. The third-order valence-corrected chi connectivity index (χ3v) is 4.47. The van der Waals surface area contributed by atoms with Crippen molar-refractivity contribution < 1.29 is 9.90 Å². The SMILES string of the molecule is CC(C)N1CCC(C2(C(=O)O)CCCCN2)C1. The molecule has 2 unspecified atom stereocenters. The van der Waals surface area contributed by atoms with Crippen LogP contribution in [0.4, 0.5) is 0 Å². The van der Waals surface area contributed by atoms with Gasteiger partial charge in [0.25, 0.3) is 0 Å². The van der Waals surface area contributed by atoms with Gasteiger partial charge in [-0.3, -0.25) is 4.79 Å². The van der Waals surface area contributed by atoms with Crippen LogP contribution in [0.3, 0.4) is 0 Å². The summed E-state index contributed by atoms with van der Waals surface area (Å²) in [5, 5.41) is 12.9. The molecule has 0 aromatic rings. The Bertz CT molecular complexity index is 285. The zero-order chi connectivity index (χ0) is 12.5. The molecule has 2 rings (SSSR count). The summed E-state index contributed by atoms with van der Waals surface area (Å²) in [5.74, 6) is -0.379. The molecule has 0 amide bonds. The molecular weight excluding hydrogens is 216 g/mol. The Morgan fingerprint density at radius 2 is 2.24 bits per heavy atom. The number of carbonyl (C=O) groups is 1. The van der Waals surface area contributed by atoms with Crippen LogP contribution in [0.1, 0.15) is 39.5 Å². The summed E-state index contributed by atoms with van der Waals surface area (Å²) in [6.45, 7) is 7.19. The highest BCUT2D eigenvalue weighted by molar-refractivity contribution is 5.79. The van der Waals surface area contributed by atoms with E-state index in [4.69, 9.17) is 0 Å². The Labute approximate surface area is 103 Å². The second kappa shape index (κ2) is 4.94. The Morgan fingerprint density at radius 1 is 1.47 bits per heavy atom. The third kappa shape index (κ3) is 2.33. The molecule has 4 heteroatoms. The summed E-state index contributed by atoms with van der Waals surface area (Å²) in [4.78, 5) is 14.1. The molecule has 0 aliphatic carbocycles. The highest BCUT2D eigenvalue weighted by Gasteiger charge is 2.48. The minimum atomic E-state index is -0.651. The van der Waals surface area contributed by atoms with Gasteiger partial charge in [0.2, 0.25) is 0 Å². The monoisotopic (exact) mass is 240 g/mol. The average Bonchev–Trinajstić information content (AvgIpc) is 2.79. The van der Waals surface area contributed by atoms with Gasteiger partial charge < -0.3 is 15.3 Å². The molecular formula is C13H24N2O2. The summed E-state index contributed by atoms with van der Waals surface area (Å²) in [6, 6.07) is 0.523. The summed E-state index contributed by atoms with van der Waals surface area (Å²) < 4.78 is 0. The quantitative estimate of drug-likeness (QED) is 0.781. The van der Waals surface area contributed by atoms with E-state index in [0.29, 0.717) is 6.04 Å². The second-order valence-corrected chi connectivity index (χ2v) is 5.73. The number of piperidine rings is 1. The van der Waals surface area contributed by atoms with E-state index in [0.717, 1.165) is 45.3 Å². The molecule has 2 atom stereocenters. The molecule has 2 aliphatic rings. The molecule has 2 heterocycles. The largest absolute Gasteiger partial charge is 0.480 e. The fourth-order valence-corrected chi connectivity index (χ4v) is 3.29. The lowest BCUT2D eigenvalue weighted by Crippen LogP contribution is -2.60. The van der Waals surface area contributed by atoms with Crippen LogP contribution < -0.4 is 5.32 Å². The van der Waals surface area contributed by atoms with Crippen LogP contribution in [0, 0.1) is 5.92 Å². The van der Waals surface area contributed by atoms with Gasteiger partial charge in [0.05, 0.1) is 0 Å². The highest BCUT2D eigenvalue weighted by atomic mass is 16.4. The Kier molecular flexibility index (Phi) is 3.73. The second-order valence-electron chi connectivity index (χ2n) is 5.73. The number of nitrogens with zero attached hydrogens (tertiary/aromatic N) is 1. The maximum absolute atomic E-state index is 11.7. The number of likely N-dealkylation sites (tertiary alicyclic amines) is 1. The molecule has 0 bridgehead atoms. The predicted molar refractivity (Wildman–Crippen MR) is 67.0 cm³/mol. The molecule has 0 radical (unpaired) electrons. The number of carboxylic acid groups (broad SMARTS) is 1. The van der Waals surface area contributed by atoms with Gasteiger partial charge in [-0.1, -0.05) is 0 Å². The van der Waals surface area contributed by atoms with Crippen molar-refractivity contribution in [3.63, 3.8) is 0 Å². The van der Waals surface area contributed by atoms with Crippen LogP contribution >= 0.6 is 0 Å². The Hall–Kier alpha value is -0.610. The first-order valence-corrected chi connectivity index (χ1v) is 6.79. The van der Waals surface area contributed by atoms with Gasteiger partial charge in [-0.05, 0) is 52.6 Å². The molecule has 0 spiro atoms. The van der Waals surface area contributed by atoms with E-state index >= 15 is 0 Å². The van der Waals surface area contributed by atoms with Crippen molar-refractivity contribution in [1.82, 2.24) is 10.2 Å². The summed E-state index contributed by atoms with van der Waals surface area (Å²) in [6.07, 6.45) is 3.95. The Morgan fingerprint density at radius 3 is 2.71 bits per heavy atom.